The molecule has 0 bridgehead atoms. The lowest BCUT2D eigenvalue weighted by atomic mass is 10.1. The van der Waals surface area contributed by atoms with Crippen molar-refractivity contribution in [1.82, 2.24) is 0 Å². The fraction of sp³-hybridized carbons (Fsp3) is 0. The van der Waals surface area contributed by atoms with E-state index in [4.69, 9.17) is 4.74 Å². The second-order valence-electron chi connectivity index (χ2n) is 4.34. The summed E-state index contributed by atoms with van der Waals surface area (Å²) < 4.78 is 5.42. The highest BCUT2D eigenvalue weighted by Crippen LogP contribution is 2.37. The number of hydrogen-bond donors (Lipinski definition) is 3. The van der Waals surface area contributed by atoms with Crippen LogP contribution in [0.1, 0.15) is 15.9 Å². The summed E-state index contributed by atoms with van der Waals surface area (Å²) in [6.45, 7) is 0. The molecule has 1 aliphatic heterocycles. The van der Waals surface area contributed by atoms with Crippen molar-refractivity contribution in [3.63, 3.8) is 0 Å². The van der Waals surface area contributed by atoms with E-state index >= 15 is 0 Å². The van der Waals surface area contributed by atoms with Gasteiger partial charge in [-0.15, -0.1) is 0 Å². The van der Waals surface area contributed by atoms with Crippen LogP contribution in [0.2, 0.25) is 0 Å². The van der Waals surface area contributed by atoms with Gasteiger partial charge in [0.05, 0.1) is 5.56 Å². The quantitative estimate of drug-likeness (QED) is 0.547. The molecule has 100 valence electrons. The Morgan fingerprint density at radius 2 is 1.65 bits per heavy atom. The molecular weight excluding hydrogens is 260 g/mol. The largest absolute Gasteiger partial charge is 0.504 e. The number of phenolic OH excluding ortho intramolecular Hbond substituents is 3. The van der Waals surface area contributed by atoms with Gasteiger partial charge >= 0.3 is 0 Å². The van der Waals surface area contributed by atoms with E-state index in [2.05, 4.69) is 0 Å². The highest BCUT2D eigenvalue weighted by atomic mass is 16.5. The lowest BCUT2D eigenvalue weighted by Gasteiger charge is -2.03. The molecule has 2 aromatic carbocycles. The molecule has 1 heterocycles. The summed E-state index contributed by atoms with van der Waals surface area (Å²) in [4.78, 5) is 12.1. The number of ether oxygens (including phenoxy) is 1. The summed E-state index contributed by atoms with van der Waals surface area (Å²) >= 11 is 0. The Bertz CT molecular complexity index is 723. The zero-order chi connectivity index (χ0) is 14.3. The van der Waals surface area contributed by atoms with Gasteiger partial charge in [0.15, 0.2) is 23.0 Å². The smallest absolute Gasteiger partial charge is 0.231 e. The number of fused-ring (bicyclic) bond motifs is 1. The molecule has 0 spiro atoms. The molecule has 0 aliphatic carbocycles. The van der Waals surface area contributed by atoms with Crippen LogP contribution in [-0.2, 0) is 0 Å². The van der Waals surface area contributed by atoms with Crippen molar-refractivity contribution in [2.24, 2.45) is 0 Å². The Balaban J connectivity index is 2.02. The maximum Gasteiger partial charge on any atom is 0.231 e. The summed E-state index contributed by atoms with van der Waals surface area (Å²) in [5, 5.41) is 28.1. The minimum Gasteiger partial charge on any atom is -0.504 e. The predicted molar refractivity (Wildman–Crippen MR) is 70.8 cm³/mol. The van der Waals surface area contributed by atoms with Gasteiger partial charge in [-0.2, -0.15) is 0 Å². The van der Waals surface area contributed by atoms with Crippen molar-refractivity contribution in [2.45, 2.75) is 0 Å². The first kappa shape index (κ1) is 12.1. The Kier molecular flexibility index (Phi) is 2.61. The van der Waals surface area contributed by atoms with Crippen molar-refractivity contribution < 1.29 is 24.9 Å². The van der Waals surface area contributed by atoms with Gasteiger partial charge in [0.25, 0.3) is 0 Å². The first-order valence-corrected chi connectivity index (χ1v) is 5.84. The second-order valence-corrected chi connectivity index (χ2v) is 4.34. The lowest BCUT2D eigenvalue weighted by Crippen LogP contribution is -1.97. The van der Waals surface area contributed by atoms with E-state index in [0.29, 0.717) is 16.9 Å². The maximum atomic E-state index is 12.1. The van der Waals surface area contributed by atoms with Crippen LogP contribution < -0.4 is 4.74 Å². The molecule has 1 aliphatic rings. The number of Topliss-reactive ketones (excluding diaryl/α,β-unsaturated/α-hetero) is 1. The highest BCUT2D eigenvalue weighted by molar-refractivity contribution is 6.14. The van der Waals surface area contributed by atoms with Crippen molar-refractivity contribution in [3.05, 3.63) is 53.3 Å². The van der Waals surface area contributed by atoms with Crippen LogP contribution in [0.15, 0.2) is 42.2 Å². The SMILES string of the molecule is O=C1/C(=C/c2cc(O)c(O)c(O)c2)Oc2ccccc21. The third-order valence-corrected chi connectivity index (χ3v) is 2.97. The van der Waals surface area contributed by atoms with Crippen LogP contribution >= 0.6 is 0 Å². The van der Waals surface area contributed by atoms with Crippen molar-refractivity contribution in [3.8, 4) is 23.0 Å². The minimum absolute atomic E-state index is 0.0932. The second kappa shape index (κ2) is 4.31. The van der Waals surface area contributed by atoms with E-state index < -0.39 is 17.2 Å². The molecule has 20 heavy (non-hydrogen) atoms. The molecular formula is C15H10O5. The molecule has 0 saturated heterocycles. The first-order valence-electron chi connectivity index (χ1n) is 5.84. The average molecular weight is 270 g/mol. The average Bonchev–Trinajstić information content (AvgIpc) is 2.73. The van der Waals surface area contributed by atoms with Gasteiger partial charge in [-0.1, -0.05) is 12.1 Å². The maximum absolute atomic E-state index is 12.1. The summed E-state index contributed by atoms with van der Waals surface area (Å²) in [5.41, 5.74) is 0.805. The van der Waals surface area contributed by atoms with Gasteiger partial charge < -0.3 is 20.1 Å². The number of ketones is 1. The number of hydrogen-bond acceptors (Lipinski definition) is 5. The van der Waals surface area contributed by atoms with Crippen LogP contribution in [0, 0.1) is 0 Å². The van der Waals surface area contributed by atoms with Crippen LogP contribution in [0.5, 0.6) is 23.0 Å². The van der Waals surface area contributed by atoms with Crippen LogP contribution in [0.4, 0.5) is 0 Å². The number of para-hydroxylation sites is 1. The lowest BCUT2D eigenvalue weighted by molar-refractivity contribution is 0.101. The van der Waals surface area contributed by atoms with Gasteiger partial charge in [0, 0.05) is 0 Å². The summed E-state index contributed by atoms with van der Waals surface area (Å²) in [5.74, 6) is -1.26. The number of benzene rings is 2. The van der Waals surface area contributed by atoms with E-state index in [-0.39, 0.29) is 11.5 Å². The molecule has 5 heteroatoms. The normalized spacial score (nSPS) is 15.2. The molecule has 3 N–H and O–H groups in total. The van der Waals surface area contributed by atoms with Gasteiger partial charge in [0.1, 0.15) is 5.75 Å². The summed E-state index contributed by atoms with van der Waals surface area (Å²) in [6, 6.07) is 9.28. The molecule has 0 fully saturated rings. The van der Waals surface area contributed by atoms with Gasteiger partial charge in [0.2, 0.25) is 5.78 Å². The fourth-order valence-electron chi connectivity index (χ4n) is 2.00. The van der Waals surface area contributed by atoms with E-state index in [1.54, 1.807) is 24.3 Å². The Morgan fingerprint density at radius 1 is 1.00 bits per heavy atom. The van der Waals surface area contributed by atoms with E-state index in [1.807, 2.05) is 0 Å². The van der Waals surface area contributed by atoms with Crippen molar-refractivity contribution in [2.75, 3.05) is 0 Å². The molecule has 0 amide bonds. The number of rotatable bonds is 1. The monoisotopic (exact) mass is 270 g/mol. The molecule has 5 nitrogen and oxygen atoms in total. The molecule has 0 radical (unpaired) electrons. The first-order chi connectivity index (χ1) is 9.56. The molecule has 0 atom stereocenters. The number of allylic oxidation sites excluding steroid dienone is 1. The predicted octanol–water partition coefficient (Wildman–Crippen LogP) is 2.42. The third-order valence-electron chi connectivity index (χ3n) is 2.97. The van der Waals surface area contributed by atoms with Gasteiger partial charge in [-0.25, -0.2) is 0 Å². The number of aromatic hydroxyl groups is 3. The minimum atomic E-state index is -0.603. The topological polar surface area (TPSA) is 87.0 Å². The van der Waals surface area contributed by atoms with Crippen LogP contribution in [0.3, 0.4) is 0 Å². The van der Waals surface area contributed by atoms with E-state index in [1.165, 1.54) is 18.2 Å². The highest BCUT2D eigenvalue weighted by Gasteiger charge is 2.26. The summed E-state index contributed by atoms with van der Waals surface area (Å²) in [6.07, 6.45) is 1.39. The van der Waals surface area contributed by atoms with Crippen LogP contribution in [0.25, 0.3) is 6.08 Å². The molecule has 0 unspecified atom stereocenters. The Morgan fingerprint density at radius 3 is 2.30 bits per heavy atom. The number of phenols is 3. The zero-order valence-electron chi connectivity index (χ0n) is 10.2. The Hall–Kier alpha value is -2.95. The zero-order valence-corrected chi connectivity index (χ0v) is 10.2. The van der Waals surface area contributed by atoms with Crippen molar-refractivity contribution >= 4 is 11.9 Å². The van der Waals surface area contributed by atoms with Gasteiger partial charge in [-0.3, -0.25) is 4.79 Å². The third kappa shape index (κ3) is 1.85. The number of carbonyl (C=O) groups is 1. The fourth-order valence-corrected chi connectivity index (χ4v) is 2.00. The van der Waals surface area contributed by atoms with Gasteiger partial charge in [-0.05, 0) is 35.9 Å². The molecule has 3 rings (SSSR count). The Labute approximate surface area is 114 Å². The molecule has 0 saturated carbocycles. The molecule has 0 aromatic heterocycles. The van der Waals surface area contributed by atoms with E-state index in [9.17, 15) is 20.1 Å². The van der Waals surface area contributed by atoms with Crippen LogP contribution in [-0.4, -0.2) is 21.1 Å². The summed E-state index contributed by atoms with van der Waals surface area (Å²) in [7, 11) is 0. The number of carbonyl (C=O) groups excluding carboxylic acids is 1. The van der Waals surface area contributed by atoms with E-state index in [0.717, 1.165) is 0 Å². The molecule has 2 aromatic rings. The standard InChI is InChI=1S/C15H10O5/c16-10-5-8(6-11(17)15(10)19)7-13-14(18)9-3-1-2-4-12(9)20-13/h1-7,16-17,19H/b13-7-. The van der Waals surface area contributed by atoms with Crippen molar-refractivity contribution in [1.29, 1.82) is 0 Å².